The lowest BCUT2D eigenvalue weighted by atomic mass is 10.2. The van der Waals surface area contributed by atoms with Gasteiger partial charge in [0.25, 0.3) is 0 Å². The zero-order valence-electron chi connectivity index (χ0n) is 17.9. The maximum Gasteiger partial charge on any atom is 0.353 e. The van der Waals surface area contributed by atoms with Crippen molar-refractivity contribution in [3.63, 3.8) is 0 Å². The number of nitrogens with two attached hydrogens (primary N) is 1. The first-order valence-electron chi connectivity index (χ1n) is 9.34. The molecule has 8 nitrogen and oxygen atoms in total. The molecule has 0 amide bonds. The number of hydrogen-bond acceptors (Lipinski definition) is 7. The van der Waals surface area contributed by atoms with Crippen LogP contribution in [0.1, 0.15) is 18.1 Å². The molecule has 2 aromatic carbocycles. The van der Waals surface area contributed by atoms with Gasteiger partial charge in [0.1, 0.15) is 18.1 Å². The van der Waals surface area contributed by atoms with Crippen molar-refractivity contribution in [3.8, 4) is 11.5 Å². The molecule has 8 heteroatoms. The molecule has 2 aromatic rings. The first-order valence-corrected chi connectivity index (χ1v) is 9.34. The van der Waals surface area contributed by atoms with Gasteiger partial charge in [0, 0.05) is 11.1 Å². The molecule has 31 heavy (non-hydrogen) atoms. The molecule has 3 N–H and O–H groups in total. The fourth-order valence-electron chi connectivity index (χ4n) is 2.23. The fraction of sp³-hybridized carbons (Fsp3) is 0.217. The molecule has 0 saturated carbocycles. The standard InChI is InChI=1S/C13H15NO4.C10H13NO2/c1-10(13(15)16)14-18-9-5-7-11-6-3-4-8-12(11)17-2;1-12-10-7-3-2-5-9(10)6-4-8-13-11/h3-8H,9H2,1-2H3,(H,15,16);2-7H,8,11H2,1H3/b;6-4+. The van der Waals surface area contributed by atoms with Gasteiger partial charge in [-0.3, -0.25) is 0 Å². The summed E-state index contributed by atoms with van der Waals surface area (Å²) in [6.07, 6.45) is 7.30. The zero-order valence-corrected chi connectivity index (χ0v) is 17.9. The molecule has 0 spiro atoms. The third-order valence-electron chi connectivity index (χ3n) is 3.75. The molecule has 0 unspecified atom stereocenters. The van der Waals surface area contributed by atoms with Crippen LogP contribution in [0.3, 0.4) is 0 Å². The van der Waals surface area contributed by atoms with Gasteiger partial charge < -0.3 is 24.3 Å². The maximum absolute atomic E-state index is 10.4. The second-order valence-electron chi connectivity index (χ2n) is 5.90. The van der Waals surface area contributed by atoms with E-state index in [9.17, 15) is 4.79 Å². The van der Waals surface area contributed by atoms with Gasteiger partial charge in [-0.15, -0.1) is 0 Å². The third kappa shape index (κ3) is 10.1. The molecular formula is C23H28N2O6. The van der Waals surface area contributed by atoms with Crippen LogP contribution >= 0.6 is 0 Å². The van der Waals surface area contributed by atoms with Gasteiger partial charge >= 0.3 is 5.97 Å². The number of ether oxygens (including phenoxy) is 2. The van der Waals surface area contributed by atoms with Gasteiger partial charge in [-0.05, 0) is 25.1 Å². The number of para-hydroxylation sites is 2. The van der Waals surface area contributed by atoms with Gasteiger partial charge in [-0.2, -0.15) is 0 Å². The van der Waals surface area contributed by atoms with Crippen LogP contribution < -0.4 is 15.4 Å². The molecular weight excluding hydrogens is 400 g/mol. The molecule has 0 radical (unpaired) electrons. The molecule has 2 rings (SSSR count). The normalized spacial score (nSPS) is 11.2. The number of carboxylic acids is 1. The summed E-state index contributed by atoms with van der Waals surface area (Å²) in [7, 11) is 3.25. The Kier molecular flexibility index (Phi) is 12.5. The quantitative estimate of drug-likeness (QED) is 0.336. The van der Waals surface area contributed by atoms with Crippen LogP contribution in [-0.4, -0.2) is 44.2 Å². The Morgan fingerprint density at radius 3 is 1.87 bits per heavy atom. The number of oxime groups is 1. The molecule has 0 aliphatic rings. The van der Waals surface area contributed by atoms with Crippen molar-refractivity contribution in [3.05, 3.63) is 71.8 Å². The minimum Gasteiger partial charge on any atom is -0.496 e. The highest BCUT2D eigenvalue weighted by molar-refractivity contribution is 6.34. The van der Waals surface area contributed by atoms with E-state index in [0.717, 1.165) is 22.6 Å². The van der Waals surface area contributed by atoms with Gasteiger partial charge in [0.05, 0.1) is 20.8 Å². The SMILES string of the molecule is COc1ccccc1/C=C/CON.COc1ccccc1C=CCON=C(C)C(=O)O. The molecule has 0 atom stereocenters. The summed E-state index contributed by atoms with van der Waals surface area (Å²) in [6, 6.07) is 15.3. The van der Waals surface area contributed by atoms with Crippen molar-refractivity contribution in [2.45, 2.75) is 6.92 Å². The van der Waals surface area contributed by atoms with Crippen molar-refractivity contribution in [1.82, 2.24) is 0 Å². The lowest BCUT2D eigenvalue weighted by Crippen LogP contribution is -2.08. The third-order valence-corrected chi connectivity index (χ3v) is 3.75. The van der Waals surface area contributed by atoms with E-state index in [1.807, 2.05) is 66.8 Å². The summed E-state index contributed by atoms with van der Waals surface area (Å²) in [5.41, 5.74) is 1.85. The highest BCUT2D eigenvalue weighted by Gasteiger charge is 2.01. The minimum absolute atomic E-state index is 0.0827. The van der Waals surface area contributed by atoms with Crippen molar-refractivity contribution >= 4 is 23.8 Å². The number of benzene rings is 2. The largest absolute Gasteiger partial charge is 0.496 e. The van der Waals surface area contributed by atoms with Crippen molar-refractivity contribution in [2.24, 2.45) is 11.1 Å². The lowest BCUT2D eigenvalue weighted by Gasteiger charge is -2.03. The van der Waals surface area contributed by atoms with E-state index >= 15 is 0 Å². The van der Waals surface area contributed by atoms with Gasteiger partial charge in [-0.25, -0.2) is 10.7 Å². The lowest BCUT2D eigenvalue weighted by molar-refractivity contribution is -0.129. The number of methoxy groups -OCH3 is 2. The predicted octanol–water partition coefficient (Wildman–Crippen LogP) is 3.78. The summed E-state index contributed by atoms with van der Waals surface area (Å²) in [5.74, 6) is 5.39. The zero-order chi connectivity index (χ0) is 22.9. The topological polar surface area (TPSA) is 113 Å². The van der Waals surface area contributed by atoms with Crippen molar-refractivity contribution < 1.29 is 29.0 Å². The van der Waals surface area contributed by atoms with Crippen LogP contribution in [0, 0.1) is 0 Å². The molecule has 0 bridgehead atoms. The van der Waals surface area contributed by atoms with E-state index in [4.69, 9.17) is 25.3 Å². The number of aliphatic carboxylic acids is 1. The Labute approximate surface area is 182 Å². The van der Waals surface area contributed by atoms with E-state index in [1.54, 1.807) is 20.3 Å². The molecule has 0 aliphatic carbocycles. The smallest absolute Gasteiger partial charge is 0.353 e. The van der Waals surface area contributed by atoms with Crippen LogP contribution in [-0.2, 0) is 14.5 Å². The fourth-order valence-corrected chi connectivity index (χ4v) is 2.23. The Morgan fingerprint density at radius 2 is 1.42 bits per heavy atom. The van der Waals surface area contributed by atoms with E-state index in [2.05, 4.69) is 9.99 Å². The van der Waals surface area contributed by atoms with Gasteiger partial charge in [0.2, 0.25) is 0 Å². The Balaban J connectivity index is 0.000000327. The monoisotopic (exact) mass is 428 g/mol. The number of nitrogens with zero attached hydrogens (tertiary/aromatic N) is 1. The number of carbonyl (C=O) groups is 1. The Bertz CT molecular complexity index is 893. The summed E-state index contributed by atoms with van der Waals surface area (Å²) < 4.78 is 10.3. The predicted molar refractivity (Wildman–Crippen MR) is 121 cm³/mol. The summed E-state index contributed by atoms with van der Waals surface area (Å²) in [5, 5.41) is 12.0. The van der Waals surface area contributed by atoms with Gasteiger partial charge in [0.15, 0.2) is 5.71 Å². The van der Waals surface area contributed by atoms with Gasteiger partial charge in [-0.1, -0.05) is 59.8 Å². The number of carboxylic acid groups (broad SMARTS) is 1. The molecule has 0 aromatic heterocycles. The average Bonchev–Trinajstić information content (AvgIpc) is 2.79. The highest BCUT2D eigenvalue weighted by atomic mass is 16.6. The van der Waals surface area contributed by atoms with Crippen LogP contribution in [0.25, 0.3) is 12.2 Å². The first kappa shape index (κ1) is 25.4. The highest BCUT2D eigenvalue weighted by Crippen LogP contribution is 2.19. The van der Waals surface area contributed by atoms with E-state index < -0.39 is 5.97 Å². The Morgan fingerprint density at radius 1 is 0.935 bits per heavy atom. The minimum atomic E-state index is -1.09. The summed E-state index contributed by atoms with van der Waals surface area (Å²) >= 11 is 0. The van der Waals surface area contributed by atoms with Crippen LogP contribution in [0.2, 0.25) is 0 Å². The van der Waals surface area contributed by atoms with Crippen LogP contribution in [0.5, 0.6) is 11.5 Å². The number of hydrogen-bond donors (Lipinski definition) is 2. The van der Waals surface area contributed by atoms with E-state index in [-0.39, 0.29) is 12.3 Å². The molecule has 166 valence electrons. The van der Waals surface area contributed by atoms with E-state index in [1.165, 1.54) is 6.92 Å². The second-order valence-corrected chi connectivity index (χ2v) is 5.90. The van der Waals surface area contributed by atoms with Crippen molar-refractivity contribution in [1.29, 1.82) is 0 Å². The molecule has 0 heterocycles. The number of rotatable bonds is 10. The van der Waals surface area contributed by atoms with Crippen LogP contribution in [0.15, 0.2) is 65.8 Å². The molecule has 0 aliphatic heterocycles. The van der Waals surface area contributed by atoms with E-state index in [0.29, 0.717) is 6.61 Å². The average molecular weight is 428 g/mol. The molecule has 0 fully saturated rings. The first-order chi connectivity index (χ1) is 15.0. The summed E-state index contributed by atoms with van der Waals surface area (Å²) in [4.78, 5) is 19.7. The molecule has 0 saturated heterocycles. The second kappa shape index (κ2) is 15.3. The Hall–Kier alpha value is -3.62. The maximum atomic E-state index is 10.4. The van der Waals surface area contributed by atoms with Crippen LogP contribution in [0.4, 0.5) is 0 Å². The summed E-state index contributed by atoms with van der Waals surface area (Å²) in [6.45, 7) is 1.97. The van der Waals surface area contributed by atoms with Crippen molar-refractivity contribution in [2.75, 3.05) is 27.4 Å².